The second-order valence-electron chi connectivity index (χ2n) is 5.02. The van der Waals surface area contributed by atoms with Gasteiger partial charge in [-0.1, -0.05) is 29.8 Å². The lowest BCUT2D eigenvalue weighted by Gasteiger charge is -2.13. The molecule has 1 aromatic rings. The van der Waals surface area contributed by atoms with Gasteiger partial charge in [0, 0.05) is 5.56 Å². The molecule has 0 heterocycles. The van der Waals surface area contributed by atoms with Gasteiger partial charge >= 0.3 is 5.97 Å². The van der Waals surface area contributed by atoms with Crippen LogP contribution in [0.4, 0.5) is 0 Å². The van der Waals surface area contributed by atoms with Crippen LogP contribution in [0.25, 0.3) is 0 Å². The van der Waals surface area contributed by atoms with E-state index >= 15 is 0 Å². The summed E-state index contributed by atoms with van der Waals surface area (Å²) in [5.74, 6) is -2.04. The average molecular weight is 304 g/mol. The number of hydrogen-bond donors (Lipinski definition) is 3. The van der Waals surface area contributed by atoms with Crippen molar-refractivity contribution in [2.24, 2.45) is 0 Å². The Kier molecular flexibility index (Phi) is 6.82. The molecule has 1 atom stereocenters. The zero-order valence-corrected chi connectivity index (χ0v) is 12.6. The molecule has 0 saturated carbocycles. The molecule has 3 N–H and O–H groups in total. The van der Waals surface area contributed by atoms with Crippen LogP contribution in [0.15, 0.2) is 42.0 Å². The zero-order valence-electron chi connectivity index (χ0n) is 12.6. The molecule has 0 fully saturated rings. The molecule has 0 aliphatic rings. The van der Waals surface area contributed by atoms with Crippen LogP contribution in [0, 0.1) is 0 Å². The highest BCUT2D eigenvalue weighted by Crippen LogP contribution is 2.00. The van der Waals surface area contributed by atoms with Gasteiger partial charge < -0.3 is 15.7 Å². The average Bonchev–Trinajstić information content (AvgIpc) is 2.49. The van der Waals surface area contributed by atoms with Crippen LogP contribution in [0.5, 0.6) is 0 Å². The van der Waals surface area contributed by atoms with E-state index in [1.165, 1.54) is 0 Å². The summed E-state index contributed by atoms with van der Waals surface area (Å²) < 4.78 is 0. The Morgan fingerprint density at radius 3 is 2.36 bits per heavy atom. The van der Waals surface area contributed by atoms with Crippen molar-refractivity contribution >= 4 is 17.8 Å². The van der Waals surface area contributed by atoms with Gasteiger partial charge in [-0.2, -0.15) is 0 Å². The van der Waals surface area contributed by atoms with Crippen molar-refractivity contribution in [1.82, 2.24) is 10.6 Å². The quantitative estimate of drug-likeness (QED) is 0.662. The number of carbonyl (C=O) groups excluding carboxylic acids is 2. The molecule has 6 nitrogen and oxygen atoms in total. The summed E-state index contributed by atoms with van der Waals surface area (Å²) in [7, 11) is 0. The van der Waals surface area contributed by atoms with E-state index in [2.05, 4.69) is 10.6 Å². The summed E-state index contributed by atoms with van der Waals surface area (Å²) >= 11 is 0. The number of hydrogen-bond acceptors (Lipinski definition) is 3. The third-order valence-corrected chi connectivity index (χ3v) is 2.84. The molecule has 1 aromatic carbocycles. The van der Waals surface area contributed by atoms with Gasteiger partial charge in [0.05, 0.1) is 6.54 Å². The van der Waals surface area contributed by atoms with Crippen LogP contribution in [-0.4, -0.2) is 35.5 Å². The molecular weight excluding hydrogens is 284 g/mol. The summed E-state index contributed by atoms with van der Waals surface area (Å²) in [4.78, 5) is 34.6. The third-order valence-electron chi connectivity index (χ3n) is 2.84. The van der Waals surface area contributed by atoms with Crippen molar-refractivity contribution < 1.29 is 19.5 Å². The van der Waals surface area contributed by atoms with Crippen molar-refractivity contribution in [3.8, 4) is 0 Å². The highest BCUT2D eigenvalue weighted by Gasteiger charge is 2.18. The normalized spacial score (nSPS) is 11.2. The van der Waals surface area contributed by atoms with E-state index in [0.29, 0.717) is 5.56 Å². The van der Waals surface area contributed by atoms with Gasteiger partial charge in [-0.05, 0) is 32.4 Å². The topological polar surface area (TPSA) is 95.5 Å². The van der Waals surface area contributed by atoms with E-state index in [1.54, 1.807) is 36.4 Å². The minimum atomic E-state index is -1.11. The van der Waals surface area contributed by atoms with Crippen LogP contribution in [0.3, 0.4) is 0 Å². The maximum Gasteiger partial charge on any atom is 0.326 e. The number of carbonyl (C=O) groups is 3. The molecule has 0 spiro atoms. The van der Waals surface area contributed by atoms with Crippen molar-refractivity contribution in [1.29, 1.82) is 0 Å². The predicted molar refractivity (Wildman–Crippen MR) is 82.4 cm³/mol. The Bertz CT molecular complexity index is 563. The number of carboxylic acids is 1. The maximum absolute atomic E-state index is 11.8. The molecule has 6 heteroatoms. The van der Waals surface area contributed by atoms with Crippen LogP contribution in [0.1, 0.15) is 30.6 Å². The number of carboxylic acid groups (broad SMARTS) is 1. The smallest absolute Gasteiger partial charge is 0.326 e. The number of amides is 2. The van der Waals surface area contributed by atoms with Crippen molar-refractivity contribution in [2.45, 2.75) is 26.3 Å². The first-order chi connectivity index (χ1) is 10.4. The van der Waals surface area contributed by atoms with Gasteiger partial charge in [0.1, 0.15) is 6.04 Å². The highest BCUT2D eigenvalue weighted by molar-refractivity contribution is 5.96. The molecule has 0 aliphatic heterocycles. The maximum atomic E-state index is 11.8. The SMILES string of the molecule is CC(C)=CC[C@H](NC(=O)CNC(=O)c1ccccc1)C(=O)O. The first-order valence-electron chi connectivity index (χ1n) is 6.89. The lowest BCUT2D eigenvalue weighted by atomic mass is 10.1. The summed E-state index contributed by atoms with van der Waals surface area (Å²) in [5, 5.41) is 13.9. The Hall–Kier alpha value is -2.63. The Morgan fingerprint density at radius 1 is 1.18 bits per heavy atom. The predicted octanol–water partition coefficient (Wildman–Crippen LogP) is 1.34. The molecule has 0 unspecified atom stereocenters. The molecular formula is C16H20N2O4. The number of benzene rings is 1. The van der Waals surface area contributed by atoms with Gasteiger partial charge in [-0.15, -0.1) is 0 Å². The summed E-state index contributed by atoms with van der Waals surface area (Å²) in [6.45, 7) is 3.42. The number of rotatable bonds is 7. The van der Waals surface area contributed by atoms with Crippen LogP contribution >= 0.6 is 0 Å². The van der Waals surface area contributed by atoms with Crippen LogP contribution < -0.4 is 10.6 Å². The van der Waals surface area contributed by atoms with E-state index in [1.807, 2.05) is 13.8 Å². The van der Waals surface area contributed by atoms with Crippen molar-refractivity contribution in [3.05, 3.63) is 47.5 Å². The molecule has 0 aromatic heterocycles. The molecule has 0 saturated heterocycles. The monoisotopic (exact) mass is 304 g/mol. The molecule has 0 aliphatic carbocycles. The lowest BCUT2D eigenvalue weighted by Crippen LogP contribution is -2.45. The summed E-state index contributed by atoms with van der Waals surface area (Å²) in [5.41, 5.74) is 1.41. The fourth-order valence-electron chi connectivity index (χ4n) is 1.67. The molecule has 118 valence electrons. The van der Waals surface area contributed by atoms with E-state index in [9.17, 15) is 14.4 Å². The zero-order chi connectivity index (χ0) is 16.5. The Labute approximate surface area is 129 Å². The van der Waals surface area contributed by atoms with Crippen LogP contribution in [0.2, 0.25) is 0 Å². The molecule has 0 bridgehead atoms. The number of allylic oxidation sites excluding steroid dienone is 1. The molecule has 2 amide bonds. The standard InChI is InChI=1S/C16H20N2O4/c1-11(2)8-9-13(16(21)22)18-14(19)10-17-15(20)12-6-4-3-5-7-12/h3-8,13H,9-10H2,1-2H3,(H,17,20)(H,18,19)(H,21,22)/t13-/m0/s1. The molecule has 22 heavy (non-hydrogen) atoms. The largest absolute Gasteiger partial charge is 0.480 e. The van der Waals surface area contributed by atoms with Gasteiger partial charge in [-0.25, -0.2) is 4.79 Å². The molecule has 0 radical (unpaired) electrons. The van der Waals surface area contributed by atoms with E-state index in [-0.39, 0.29) is 18.9 Å². The van der Waals surface area contributed by atoms with Gasteiger partial charge in [0.15, 0.2) is 0 Å². The number of aliphatic carboxylic acids is 1. The molecule has 1 rings (SSSR count). The first kappa shape index (κ1) is 17.4. The third kappa shape index (κ3) is 6.21. The minimum Gasteiger partial charge on any atom is -0.480 e. The van der Waals surface area contributed by atoms with E-state index in [4.69, 9.17) is 5.11 Å². The van der Waals surface area contributed by atoms with Gasteiger partial charge in [0.25, 0.3) is 5.91 Å². The summed E-state index contributed by atoms with van der Waals surface area (Å²) in [6.07, 6.45) is 1.94. The Morgan fingerprint density at radius 2 is 1.82 bits per heavy atom. The Balaban J connectivity index is 2.49. The van der Waals surface area contributed by atoms with E-state index in [0.717, 1.165) is 5.57 Å². The second kappa shape index (κ2) is 8.61. The lowest BCUT2D eigenvalue weighted by molar-refractivity contribution is -0.141. The van der Waals surface area contributed by atoms with Gasteiger partial charge in [0.2, 0.25) is 5.91 Å². The summed E-state index contributed by atoms with van der Waals surface area (Å²) in [6, 6.07) is 7.47. The van der Waals surface area contributed by atoms with Crippen molar-refractivity contribution in [2.75, 3.05) is 6.54 Å². The fraction of sp³-hybridized carbons (Fsp3) is 0.312. The highest BCUT2D eigenvalue weighted by atomic mass is 16.4. The van der Waals surface area contributed by atoms with Crippen LogP contribution in [-0.2, 0) is 9.59 Å². The van der Waals surface area contributed by atoms with E-state index < -0.39 is 17.9 Å². The first-order valence-corrected chi connectivity index (χ1v) is 6.89. The van der Waals surface area contributed by atoms with Crippen molar-refractivity contribution in [3.63, 3.8) is 0 Å². The fourth-order valence-corrected chi connectivity index (χ4v) is 1.67. The number of nitrogens with one attached hydrogen (secondary N) is 2. The minimum absolute atomic E-state index is 0.204. The second-order valence-corrected chi connectivity index (χ2v) is 5.02. The van der Waals surface area contributed by atoms with Gasteiger partial charge in [-0.3, -0.25) is 9.59 Å².